The van der Waals surface area contributed by atoms with Gasteiger partial charge >= 0.3 is 6.18 Å². The van der Waals surface area contributed by atoms with E-state index in [9.17, 15) is 13.2 Å². The molecule has 0 amide bonds. The molecule has 6 heteroatoms. The van der Waals surface area contributed by atoms with E-state index in [0.717, 1.165) is 6.07 Å². The highest BCUT2D eigenvalue weighted by Crippen LogP contribution is 2.38. The molecule has 0 bridgehead atoms. The molecule has 0 atom stereocenters. The molecule has 0 saturated heterocycles. The van der Waals surface area contributed by atoms with Gasteiger partial charge < -0.3 is 5.73 Å². The monoisotopic (exact) mass is 342 g/mol. The Bertz CT molecular complexity index is 637. The van der Waals surface area contributed by atoms with Gasteiger partial charge in [-0.3, -0.25) is 0 Å². The lowest BCUT2D eigenvalue weighted by Crippen LogP contribution is -2.13. The van der Waals surface area contributed by atoms with Crippen LogP contribution in [0.1, 0.15) is 11.1 Å². The molecular formula is C14H10BrF3N2. The number of rotatable bonds is 2. The van der Waals surface area contributed by atoms with Crippen molar-refractivity contribution in [2.75, 3.05) is 0 Å². The highest BCUT2D eigenvalue weighted by atomic mass is 79.9. The molecule has 0 radical (unpaired) electrons. The SMILES string of the molecule is NC(=Nc1ccc(Br)cc1C(F)(F)F)c1ccccc1. The molecule has 20 heavy (non-hydrogen) atoms. The molecule has 0 fully saturated rings. The van der Waals surface area contributed by atoms with Crippen molar-refractivity contribution in [3.8, 4) is 0 Å². The maximum absolute atomic E-state index is 13.0. The van der Waals surface area contributed by atoms with Crippen LogP contribution in [0.2, 0.25) is 0 Å². The molecule has 2 aromatic rings. The van der Waals surface area contributed by atoms with Crippen LogP contribution in [0.3, 0.4) is 0 Å². The molecular weight excluding hydrogens is 333 g/mol. The van der Waals surface area contributed by atoms with Crippen molar-refractivity contribution in [3.63, 3.8) is 0 Å². The first kappa shape index (κ1) is 14.6. The summed E-state index contributed by atoms with van der Waals surface area (Å²) in [6.45, 7) is 0. The van der Waals surface area contributed by atoms with E-state index in [-0.39, 0.29) is 11.5 Å². The second-order valence-electron chi connectivity index (χ2n) is 4.02. The summed E-state index contributed by atoms with van der Waals surface area (Å²) in [6.07, 6.45) is -4.49. The van der Waals surface area contributed by atoms with Crippen molar-refractivity contribution in [3.05, 3.63) is 64.1 Å². The minimum absolute atomic E-state index is 0.0402. The maximum Gasteiger partial charge on any atom is 0.418 e. The maximum atomic E-state index is 13.0. The van der Waals surface area contributed by atoms with Gasteiger partial charge in [0, 0.05) is 10.0 Å². The average molecular weight is 343 g/mol. The summed E-state index contributed by atoms with van der Waals surface area (Å²) in [4.78, 5) is 3.89. The molecule has 2 N–H and O–H groups in total. The Labute approximate surface area is 122 Å². The van der Waals surface area contributed by atoms with Crippen LogP contribution in [0.15, 0.2) is 58.0 Å². The predicted octanol–water partition coefficient (Wildman–Crippen LogP) is 4.50. The molecule has 2 aromatic carbocycles. The molecule has 0 aliphatic rings. The third kappa shape index (κ3) is 3.39. The second kappa shape index (κ2) is 5.66. The summed E-state index contributed by atoms with van der Waals surface area (Å²) in [5.74, 6) is 0.0402. The minimum Gasteiger partial charge on any atom is -0.383 e. The van der Waals surface area contributed by atoms with E-state index in [2.05, 4.69) is 20.9 Å². The zero-order valence-electron chi connectivity index (χ0n) is 10.2. The molecule has 2 rings (SSSR count). The van der Waals surface area contributed by atoms with E-state index in [1.807, 2.05) is 0 Å². The fourth-order valence-electron chi connectivity index (χ4n) is 1.64. The van der Waals surface area contributed by atoms with Gasteiger partial charge in [0.15, 0.2) is 0 Å². The summed E-state index contributed by atoms with van der Waals surface area (Å²) >= 11 is 3.02. The van der Waals surface area contributed by atoms with Crippen LogP contribution in [-0.2, 0) is 6.18 Å². The number of nitrogens with two attached hydrogens (primary N) is 1. The average Bonchev–Trinajstić information content (AvgIpc) is 2.40. The fraction of sp³-hybridized carbons (Fsp3) is 0.0714. The number of benzene rings is 2. The van der Waals surface area contributed by atoms with E-state index < -0.39 is 11.7 Å². The molecule has 0 aliphatic heterocycles. The molecule has 0 aromatic heterocycles. The molecule has 2 nitrogen and oxygen atoms in total. The first-order valence-corrected chi connectivity index (χ1v) is 6.43. The standard InChI is InChI=1S/C14H10BrF3N2/c15-10-6-7-12(11(8-10)14(16,17)18)20-13(19)9-4-2-1-3-5-9/h1-8H,(H2,19,20). The Balaban J connectivity index is 2.49. The number of alkyl halides is 3. The lowest BCUT2D eigenvalue weighted by Gasteiger charge is -2.11. The zero-order chi connectivity index (χ0) is 14.8. The zero-order valence-corrected chi connectivity index (χ0v) is 11.7. The van der Waals surface area contributed by atoms with Crippen LogP contribution < -0.4 is 5.73 Å². The van der Waals surface area contributed by atoms with Crippen molar-refractivity contribution in [2.45, 2.75) is 6.18 Å². The van der Waals surface area contributed by atoms with Crippen LogP contribution in [-0.4, -0.2) is 5.84 Å². The third-order valence-corrected chi connectivity index (χ3v) is 3.07. The quantitative estimate of drug-likeness (QED) is 0.633. The Morgan fingerprint density at radius 1 is 1.05 bits per heavy atom. The number of amidine groups is 1. The van der Waals surface area contributed by atoms with Gasteiger partial charge in [-0.25, -0.2) is 4.99 Å². The molecule has 0 aliphatic carbocycles. The minimum atomic E-state index is -4.49. The van der Waals surface area contributed by atoms with Gasteiger partial charge in [0.05, 0.1) is 11.3 Å². The molecule has 0 spiro atoms. The number of nitrogens with zero attached hydrogens (tertiary/aromatic N) is 1. The molecule has 0 heterocycles. The Hall–Kier alpha value is -1.82. The topological polar surface area (TPSA) is 38.4 Å². The summed E-state index contributed by atoms with van der Waals surface area (Å²) in [5.41, 5.74) is 5.29. The Morgan fingerprint density at radius 3 is 2.30 bits per heavy atom. The Morgan fingerprint density at radius 2 is 1.70 bits per heavy atom. The molecule has 0 saturated carbocycles. The molecule has 104 valence electrons. The smallest absolute Gasteiger partial charge is 0.383 e. The van der Waals surface area contributed by atoms with Crippen LogP contribution >= 0.6 is 15.9 Å². The summed E-state index contributed by atoms with van der Waals surface area (Å²) < 4.78 is 39.2. The fourth-order valence-corrected chi connectivity index (χ4v) is 2.00. The molecule has 0 unspecified atom stereocenters. The summed E-state index contributed by atoms with van der Waals surface area (Å²) in [5, 5.41) is 0. The largest absolute Gasteiger partial charge is 0.418 e. The highest BCUT2D eigenvalue weighted by Gasteiger charge is 2.33. The summed E-state index contributed by atoms with van der Waals surface area (Å²) in [7, 11) is 0. The van der Waals surface area contributed by atoms with Gasteiger partial charge in [-0.05, 0) is 18.2 Å². The van der Waals surface area contributed by atoms with E-state index >= 15 is 0 Å². The van der Waals surface area contributed by atoms with Crippen molar-refractivity contribution in [1.82, 2.24) is 0 Å². The summed E-state index contributed by atoms with van der Waals surface area (Å²) in [6, 6.07) is 12.4. The number of halogens is 4. The van der Waals surface area contributed by atoms with Crippen molar-refractivity contribution >= 4 is 27.5 Å². The van der Waals surface area contributed by atoms with Crippen molar-refractivity contribution in [2.24, 2.45) is 10.7 Å². The second-order valence-corrected chi connectivity index (χ2v) is 4.94. The van der Waals surface area contributed by atoms with E-state index in [0.29, 0.717) is 10.0 Å². The van der Waals surface area contributed by atoms with Gasteiger partial charge in [-0.2, -0.15) is 13.2 Å². The van der Waals surface area contributed by atoms with Gasteiger partial charge in [-0.15, -0.1) is 0 Å². The van der Waals surface area contributed by atoms with E-state index in [4.69, 9.17) is 5.73 Å². The van der Waals surface area contributed by atoms with Crippen molar-refractivity contribution in [1.29, 1.82) is 0 Å². The van der Waals surface area contributed by atoms with Gasteiger partial charge in [-0.1, -0.05) is 46.3 Å². The predicted molar refractivity (Wildman–Crippen MR) is 76.0 cm³/mol. The van der Waals surface area contributed by atoms with Crippen LogP contribution in [0.4, 0.5) is 18.9 Å². The van der Waals surface area contributed by atoms with E-state index in [1.165, 1.54) is 12.1 Å². The highest BCUT2D eigenvalue weighted by molar-refractivity contribution is 9.10. The normalized spacial score (nSPS) is 12.5. The third-order valence-electron chi connectivity index (χ3n) is 2.57. The van der Waals surface area contributed by atoms with Crippen molar-refractivity contribution < 1.29 is 13.2 Å². The first-order chi connectivity index (χ1) is 9.38. The number of aliphatic imine (C=N–C) groups is 1. The van der Waals surface area contributed by atoms with Gasteiger partial charge in [0.1, 0.15) is 5.84 Å². The van der Waals surface area contributed by atoms with Gasteiger partial charge in [0.25, 0.3) is 0 Å². The lowest BCUT2D eigenvalue weighted by molar-refractivity contribution is -0.137. The van der Waals surface area contributed by atoms with Crippen LogP contribution in [0, 0.1) is 0 Å². The first-order valence-electron chi connectivity index (χ1n) is 5.64. The number of hydrogen-bond acceptors (Lipinski definition) is 1. The number of hydrogen-bond donors (Lipinski definition) is 1. The van der Waals surface area contributed by atoms with Crippen LogP contribution in [0.5, 0.6) is 0 Å². The van der Waals surface area contributed by atoms with Crippen LogP contribution in [0.25, 0.3) is 0 Å². The van der Waals surface area contributed by atoms with E-state index in [1.54, 1.807) is 30.3 Å². The van der Waals surface area contributed by atoms with Gasteiger partial charge in [0.2, 0.25) is 0 Å². The Kier molecular flexibility index (Phi) is 4.13. The lowest BCUT2D eigenvalue weighted by atomic mass is 10.1.